The van der Waals surface area contributed by atoms with Crippen molar-refractivity contribution in [2.24, 2.45) is 0 Å². The zero-order valence-electron chi connectivity index (χ0n) is 15.9. The fourth-order valence-corrected chi connectivity index (χ4v) is 4.50. The Kier molecular flexibility index (Phi) is 6.27. The number of rotatable bonds is 6. The second-order valence-corrected chi connectivity index (χ2v) is 8.34. The molecule has 1 saturated heterocycles. The topological polar surface area (TPSA) is 34.6 Å². The fraction of sp³-hybridized carbons (Fsp3) is 0.318. The lowest BCUT2D eigenvalue weighted by atomic mass is 10.1. The van der Waals surface area contributed by atoms with E-state index in [9.17, 15) is 0 Å². The highest BCUT2D eigenvalue weighted by Crippen LogP contribution is 2.36. The van der Waals surface area contributed by atoms with Gasteiger partial charge in [0.2, 0.25) is 0 Å². The van der Waals surface area contributed by atoms with Crippen molar-refractivity contribution in [3.05, 3.63) is 58.4 Å². The molecule has 4 rings (SSSR count). The number of aromatic nitrogens is 1. The smallest absolute Gasteiger partial charge is 0.125 e. The molecule has 0 spiro atoms. The molecule has 0 bridgehead atoms. The maximum atomic E-state index is 6.33. The molecule has 3 aromatic rings. The van der Waals surface area contributed by atoms with Gasteiger partial charge in [0.05, 0.1) is 23.9 Å². The monoisotopic (exact) mass is 414 g/mol. The van der Waals surface area contributed by atoms with Crippen LogP contribution >= 0.6 is 22.9 Å². The van der Waals surface area contributed by atoms with Gasteiger partial charge >= 0.3 is 0 Å². The van der Waals surface area contributed by atoms with Crippen molar-refractivity contribution in [2.45, 2.75) is 6.92 Å². The highest BCUT2D eigenvalue weighted by atomic mass is 35.5. The highest BCUT2D eigenvalue weighted by Gasteiger charge is 2.14. The van der Waals surface area contributed by atoms with Gasteiger partial charge in [0, 0.05) is 35.6 Å². The van der Waals surface area contributed by atoms with Crippen molar-refractivity contribution in [1.82, 2.24) is 9.88 Å². The average molecular weight is 415 g/mol. The number of ether oxygens (including phenoxy) is 2. The maximum Gasteiger partial charge on any atom is 0.125 e. The van der Waals surface area contributed by atoms with Gasteiger partial charge in [-0.05, 0) is 37.3 Å². The van der Waals surface area contributed by atoms with Gasteiger partial charge in [0.15, 0.2) is 0 Å². The number of thiazole rings is 1. The Bertz CT molecular complexity index is 921. The van der Waals surface area contributed by atoms with Crippen molar-refractivity contribution >= 4 is 22.9 Å². The van der Waals surface area contributed by atoms with E-state index in [1.54, 1.807) is 11.3 Å². The summed E-state index contributed by atoms with van der Waals surface area (Å²) in [6.07, 6.45) is 0. The van der Waals surface area contributed by atoms with E-state index in [2.05, 4.69) is 24.0 Å². The largest absolute Gasteiger partial charge is 0.492 e. The molecule has 0 amide bonds. The first-order chi connectivity index (χ1) is 13.7. The van der Waals surface area contributed by atoms with Gasteiger partial charge < -0.3 is 9.47 Å². The molecule has 2 heterocycles. The van der Waals surface area contributed by atoms with Crippen LogP contribution in [-0.2, 0) is 4.74 Å². The summed E-state index contributed by atoms with van der Waals surface area (Å²) in [6, 6.07) is 16.0. The third kappa shape index (κ3) is 4.55. The summed E-state index contributed by atoms with van der Waals surface area (Å²) >= 11 is 8.00. The zero-order chi connectivity index (χ0) is 19.3. The number of aryl methyl sites for hydroxylation is 1. The maximum absolute atomic E-state index is 6.33. The van der Waals surface area contributed by atoms with Crippen LogP contribution in [0.3, 0.4) is 0 Å². The second-order valence-electron chi connectivity index (χ2n) is 6.73. The summed E-state index contributed by atoms with van der Waals surface area (Å²) in [6.45, 7) is 7.32. The van der Waals surface area contributed by atoms with E-state index in [1.165, 1.54) is 4.88 Å². The van der Waals surface area contributed by atoms with Crippen LogP contribution < -0.4 is 4.74 Å². The molecule has 0 radical (unpaired) electrons. The number of halogens is 1. The van der Waals surface area contributed by atoms with Gasteiger partial charge in [0.25, 0.3) is 0 Å². The van der Waals surface area contributed by atoms with E-state index in [0.717, 1.165) is 65.4 Å². The second kappa shape index (κ2) is 9.05. The molecule has 28 heavy (non-hydrogen) atoms. The summed E-state index contributed by atoms with van der Waals surface area (Å²) in [4.78, 5) is 8.38. The van der Waals surface area contributed by atoms with Crippen LogP contribution in [-0.4, -0.2) is 49.3 Å². The molecule has 1 aromatic heterocycles. The lowest BCUT2D eigenvalue weighted by molar-refractivity contribution is 0.0322. The highest BCUT2D eigenvalue weighted by molar-refractivity contribution is 7.15. The van der Waals surface area contributed by atoms with Crippen LogP contribution in [0, 0.1) is 6.92 Å². The Morgan fingerprint density at radius 1 is 1.11 bits per heavy atom. The first-order valence-corrected chi connectivity index (χ1v) is 10.7. The van der Waals surface area contributed by atoms with Gasteiger partial charge in [0.1, 0.15) is 17.4 Å². The molecular weight excluding hydrogens is 392 g/mol. The molecule has 2 aromatic carbocycles. The van der Waals surface area contributed by atoms with Crippen molar-refractivity contribution in [1.29, 1.82) is 0 Å². The molecule has 0 aliphatic carbocycles. The molecule has 0 atom stereocenters. The minimum Gasteiger partial charge on any atom is -0.492 e. The van der Waals surface area contributed by atoms with E-state index in [-0.39, 0.29) is 0 Å². The molecule has 0 saturated carbocycles. The standard InChI is InChI=1S/C22H23ClN2O2S/c1-16-21(24-22(28-16)19-4-2-3-5-20(19)23)17-6-8-18(9-7-17)27-15-12-25-10-13-26-14-11-25/h2-9H,10-15H2,1H3. The molecule has 1 fully saturated rings. The SMILES string of the molecule is Cc1sc(-c2ccccc2Cl)nc1-c1ccc(OCCN2CCOCC2)cc1. The summed E-state index contributed by atoms with van der Waals surface area (Å²) in [5, 5.41) is 1.68. The van der Waals surface area contributed by atoms with Crippen LogP contribution in [0.2, 0.25) is 5.02 Å². The van der Waals surface area contributed by atoms with Crippen LogP contribution in [0.15, 0.2) is 48.5 Å². The number of morpholine rings is 1. The van der Waals surface area contributed by atoms with Gasteiger partial charge in [-0.3, -0.25) is 4.90 Å². The number of nitrogens with zero attached hydrogens (tertiary/aromatic N) is 2. The van der Waals surface area contributed by atoms with Gasteiger partial charge in [-0.15, -0.1) is 11.3 Å². The minimum absolute atomic E-state index is 0.686. The van der Waals surface area contributed by atoms with Gasteiger partial charge in [-0.2, -0.15) is 0 Å². The van der Waals surface area contributed by atoms with Crippen molar-refractivity contribution in [3.63, 3.8) is 0 Å². The Balaban J connectivity index is 1.42. The number of hydrogen-bond donors (Lipinski definition) is 0. The number of hydrogen-bond acceptors (Lipinski definition) is 5. The Hall–Kier alpha value is -1.92. The number of benzene rings is 2. The fourth-order valence-electron chi connectivity index (χ4n) is 3.24. The van der Waals surface area contributed by atoms with Crippen LogP contribution in [0.4, 0.5) is 0 Å². The third-order valence-corrected chi connectivity index (χ3v) is 6.14. The van der Waals surface area contributed by atoms with Crippen LogP contribution in [0.25, 0.3) is 21.8 Å². The molecule has 4 nitrogen and oxygen atoms in total. The quantitative estimate of drug-likeness (QED) is 0.558. The van der Waals surface area contributed by atoms with Gasteiger partial charge in [-0.1, -0.05) is 29.8 Å². The third-order valence-electron chi connectivity index (χ3n) is 4.81. The summed E-state index contributed by atoms with van der Waals surface area (Å²) in [5.74, 6) is 0.885. The molecule has 1 aliphatic heterocycles. The van der Waals surface area contributed by atoms with E-state index in [1.807, 2.05) is 36.4 Å². The lowest BCUT2D eigenvalue weighted by Gasteiger charge is -2.26. The van der Waals surface area contributed by atoms with Crippen molar-refractivity contribution < 1.29 is 9.47 Å². The predicted molar refractivity (Wildman–Crippen MR) is 115 cm³/mol. The predicted octanol–water partition coefficient (Wildman–Crippen LogP) is 5.15. The van der Waals surface area contributed by atoms with Crippen molar-refractivity contribution in [2.75, 3.05) is 39.5 Å². The molecule has 146 valence electrons. The van der Waals surface area contributed by atoms with E-state index < -0.39 is 0 Å². The Morgan fingerprint density at radius 2 is 1.86 bits per heavy atom. The minimum atomic E-state index is 0.686. The first kappa shape index (κ1) is 19.4. The molecular formula is C22H23ClN2O2S. The lowest BCUT2D eigenvalue weighted by Crippen LogP contribution is -2.38. The molecule has 0 N–H and O–H groups in total. The Labute approximate surface area is 174 Å². The first-order valence-electron chi connectivity index (χ1n) is 9.46. The van der Waals surface area contributed by atoms with E-state index >= 15 is 0 Å². The summed E-state index contributed by atoms with van der Waals surface area (Å²) < 4.78 is 11.3. The average Bonchev–Trinajstić information content (AvgIpc) is 3.11. The van der Waals surface area contributed by atoms with Crippen LogP contribution in [0.5, 0.6) is 5.75 Å². The summed E-state index contributed by atoms with van der Waals surface area (Å²) in [5.41, 5.74) is 3.07. The molecule has 1 aliphatic rings. The van der Waals surface area contributed by atoms with Crippen molar-refractivity contribution in [3.8, 4) is 27.6 Å². The van der Waals surface area contributed by atoms with E-state index in [4.69, 9.17) is 26.1 Å². The van der Waals surface area contributed by atoms with E-state index in [0.29, 0.717) is 6.61 Å². The molecule has 6 heteroatoms. The van der Waals surface area contributed by atoms with Crippen LogP contribution in [0.1, 0.15) is 4.88 Å². The van der Waals surface area contributed by atoms with Gasteiger partial charge in [-0.25, -0.2) is 4.98 Å². The zero-order valence-corrected chi connectivity index (χ0v) is 17.4. The summed E-state index contributed by atoms with van der Waals surface area (Å²) in [7, 11) is 0. The Morgan fingerprint density at radius 3 is 2.61 bits per heavy atom. The molecule has 0 unspecified atom stereocenters. The normalized spacial score (nSPS) is 14.9.